The van der Waals surface area contributed by atoms with Crippen LogP contribution in [-0.4, -0.2) is 54.4 Å². The first-order valence-electron chi connectivity index (χ1n) is 9.35. The Morgan fingerprint density at radius 3 is 2.48 bits per heavy atom. The maximum Gasteiger partial charge on any atom is 0.234 e. The van der Waals surface area contributed by atoms with Crippen LogP contribution in [0.3, 0.4) is 0 Å². The van der Waals surface area contributed by atoms with E-state index in [1.54, 1.807) is 6.07 Å². The summed E-state index contributed by atoms with van der Waals surface area (Å²) in [5.74, 6) is 0.487. The van der Waals surface area contributed by atoms with Gasteiger partial charge in [0.25, 0.3) is 0 Å². The largest absolute Gasteiger partial charge is 0.367 e. The number of anilines is 2. The lowest BCUT2D eigenvalue weighted by Gasteiger charge is -2.36. The summed E-state index contributed by atoms with van der Waals surface area (Å²) in [5, 5.41) is 3.93. The summed E-state index contributed by atoms with van der Waals surface area (Å²) < 4.78 is 0. The van der Waals surface area contributed by atoms with Gasteiger partial charge < -0.3 is 15.1 Å². The Balaban J connectivity index is 1.41. The zero-order chi connectivity index (χ0) is 20.8. The molecule has 3 rings (SSSR count). The van der Waals surface area contributed by atoms with Gasteiger partial charge in [0, 0.05) is 31.9 Å². The number of nitrogens with one attached hydrogen (secondary N) is 1. The Hall–Kier alpha value is -1.89. The first-order chi connectivity index (χ1) is 13.9. The van der Waals surface area contributed by atoms with Crippen LogP contribution in [-0.2, 0) is 9.59 Å². The van der Waals surface area contributed by atoms with Crippen LogP contribution < -0.4 is 10.2 Å². The third-order valence-electron chi connectivity index (χ3n) is 4.66. The minimum atomic E-state index is -0.103. The summed E-state index contributed by atoms with van der Waals surface area (Å²) in [6, 6.07) is 13.2. The number of benzene rings is 2. The number of rotatable bonds is 6. The molecule has 154 valence electrons. The number of halogens is 2. The molecule has 1 N–H and O–H groups in total. The van der Waals surface area contributed by atoms with E-state index in [9.17, 15) is 9.59 Å². The molecule has 1 aliphatic heterocycles. The van der Waals surface area contributed by atoms with Crippen LogP contribution in [0.15, 0.2) is 42.5 Å². The fraction of sp³-hybridized carbons (Fsp3) is 0.333. The zero-order valence-corrected chi connectivity index (χ0v) is 18.5. The zero-order valence-electron chi connectivity index (χ0n) is 16.2. The Morgan fingerprint density at radius 2 is 1.76 bits per heavy atom. The van der Waals surface area contributed by atoms with Crippen molar-refractivity contribution in [1.82, 2.24) is 4.90 Å². The number of aryl methyl sites for hydroxylation is 1. The lowest BCUT2D eigenvalue weighted by Crippen LogP contribution is -2.49. The number of nitrogens with zero attached hydrogens (tertiary/aromatic N) is 2. The van der Waals surface area contributed by atoms with Gasteiger partial charge in [-0.05, 0) is 36.8 Å². The second kappa shape index (κ2) is 10.2. The third kappa shape index (κ3) is 6.04. The van der Waals surface area contributed by atoms with Crippen LogP contribution in [0.2, 0.25) is 10.0 Å². The van der Waals surface area contributed by atoms with E-state index in [1.807, 2.05) is 48.2 Å². The van der Waals surface area contributed by atoms with E-state index in [2.05, 4.69) is 10.2 Å². The number of hydrogen-bond acceptors (Lipinski definition) is 4. The highest BCUT2D eigenvalue weighted by Crippen LogP contribution is 2.32. The molecular weight excluding hydrogens is 429 g/mol. The molecule has 0 atom stereocenters. The Morgan fingerprint density at radius 1 is 1.03 bits per heavy atom. The van der Waals surface area contributed by atoms with E-state index in [0.29, 0.717) is 42.0 Å². The molecule has 1 heterocycles. The molecule has 8 heteroatoms. The van der Waals surface area contributed by atoms with Gasteiger partial charge in [0.1, 0.15) is 0 Å². The third-order valence-corrected chi connectivity index (χ3v) is 6.39. The molecule has 5 nitrogen and oxygen atoms in total. The molecule has 0 bridgehead atoms. The maximum absolute atomic E-state index is 12.5. The number of piperazine rings is 1. The second-order valence-electron chi connectivity index (χ2n) is 6.85. The van der Waals surface area contributed by atoms with E-state index in [1.165, 1.54) is 11.8 Å². The van der Waals surface area contributed by atoms with Gasteiger partial charge in [-0.15, -0.1) is 11.8 Å². The fourth-order valence-corrected chi connectivity index (χ4v) is 4.31. The van der Waals surface area contributed by atoms with Crippen molar-refractivity contribution in [3.05, 3.63) is 58.1 Å². The SMILES string of the molecule is Cc1cccc(NC(=O)CSCC(=O)N2CCN(c3cccc(Cl)c3Cl)CC2)c1. The lowest BCUT2D eigenvalue weighted by molar-refractivity contribution is -0.128. The topological polar surface area (TPSA) is 52.7 Å². The number of carbonyl (C=O) groups is 2. The van der Waals surface area contributed by atoms with Crippen LogP contribution in [0.4, 0.5) is 11.4 Å². The fourth-order valence-electron chi connectivity index (χ4n) is 3.18. The van der Waals surface area contributed by atoms with Gasteiger partial charge in [-0.3, -0.25) is 9.59 Å². The van der Waals surface area contributed by atoms with Crippen molar-refractivity contribution in [2.24, 2.45) is 0 Å². The van der Waals surface area contributed by atoms with Gasteiger partial charge in [0.2, 0.25) is 11.8 Å². The average Bonchev–Trinajstić information content (AvgIpc) is 2.70. The molecule has 2 aromatic rings. The molecule has 2 amide bonds. The maximum atomic E-state index is 12.5. The molecule has 0 aromatic heterocycles. The van der Waals surface area contributed by atoms with Gasteiger partial charge in [-0.2, -0.15) is 0 Å². The predicted octanol–water partition coefficient (Wildman–Crippen LogP) is 4.32. The smallest absolute Gasteiger partial charge is 0.234 e. The van der Waals surface area contributed by atoms with Crippen LogP contribution >= 0.6 is 35.0 Å². The molecule has 29 heavy (non-hydrogen) atoms. The van der Waals surface area contributed by atoms with Crippen LogP contribution in [0.1, 0.15) is 5.56 Å². The van der Waals surface area contributed by atoms with Crippen molar-refractivity contribution >= 4 is 58.2 Å². The number of amides is 2. The molecule has 0 unspecified atom stereocenters. The van der Waals surface area contributed by atoms with E-state index < -0.39 is 0 Å². The standard InChI is InChI=1S/C21H23Cl2N3O2S/c1-15-4-2-5-16(12-15)24-19(27)13-29-14-20(28)26-10-8-25(9-11-26)18-7-3-6-17(22)21(18)23/h2-7,12H,8-11,13-14H2,1H3,(H,24,27). The van der Waals surface area contributed by atoms with Crippen LogP contribution in [0, 0.1) is 6.92 Å². The normalized spacial score (nSPS) is 14.0. The van der Waals surface area contributed by atoms with Gasteiger partial charge in [-0.1, -0.05) is 41.4 Å². The molecule has 0 radical (unpaired) electrons. The Bertz CT molecular complexity index is 886. The quantitative estimate of drug-likeness (QED) is 0.710. The number of hydrogen-bond donors (Lipinski definition) is 1. The number of carbonyl (C=O) groups excluding carboxylic acids is 2. The summed E-state index contributed by atoms with van der Waals surface area (Å²) in [7, 11) is 0. The number of thioether (sulfide) groups is 1. The van der Waals surface area contributed by atoms with Crippen molar-refractivity contribution in [2.45, 2.75) is 6.92 Å². The van der Waals surface area contributed by atoms with E-state index in [0.717, 1.165) is 16.9 Å². The minimum Gasteiger partial charge on any atom is -0.367 e. The molecule has 1 saturated heterocycles. The Labute approximate surface area is 185 Å². The lowest BCUT2D eigenvalue weighted by atomic mass is 10.2. The minimum absolute atomic E-state index is 0.0511. The van der Waals surface area contributed by atoms with Crippen LogP contribution in [0.5, 0.6) is 0 Å². The van der Waals surface area contributed by atoms with Gasteiger partial charge in [0.15, 0.2) is 0 Å². The predicted molar refractivity (Wildman–Crippen MR) is 122 cm³/mol. The molecule has 1 aliphatic rings. The molecule has 0 spiro atoms. The highest BCUT2D eigenvalue weighted by Gasteiger charge is 2.23. The first-order valence-corrected chi connectivity index (χ1v) is 11.3. The van der Waals surface area contributed by atoms with Crippen molar-refractivity contribution in [3.63, 3.8) is 0 Å². The van der Waals surface area contributed by atoms with Crippen molar-refractivity contribution in [2.75, 3.05) is 47.9 Å². The summed E-state index contributed by atoms with van der Waals surface area (Å²) in [4.78, 5) is 28.5. The molecule has 2 aromatic carbocycles. The van der Waals surface area contributed by atoms with Gasteiger partial charge in [-0.25, -0.2) is 0 Å². The van der Waals surface area contributed by atoms with Gasteiger partial charge in [0.05, 0.1) is 27.2 Å². The highest BCUT2D eigenvalue weighted by atomic mass is 35.5. The average molecular weight is 452 g/mol. The molecular formula is C21H23Cl2N3O2S. The van der Waals surface area contributed by atoms with E-state index in [4.69, 9.17) is 23.2 Å². The summed E-state index contributed by atoms with van der Waals surface area (Å²) in [6.07, 6.45) is 0. The summed E-state index contributed by atoms with van der Waals surface area (Å²) >= 11 is 13.7. The summed E-state index contributed by atoms with van der Waals surface area (Å²) in [5.41, 5.74) is 2.76. The van der Waals surface area contributed by atoms with Crippen molar-refractivity contribution in [3.8, 4) is 0 Å². The van der Waals surface area contributed by atoms with Crippen molar-refractivity contribution < 1.29 is 9.59 Å². The highest BCUT2D eigenvalue weighted by molar-refractivity contribution is 8.00. The van der Waals surface area contributed by atoms with E-state index >= 15 is 0 Å². The van der Waals surface area contributed by atoms with Crippen LogP contribution in [0.25, 0.3) is 0 Å². The first kappa shape index (κ1) is 21.8. The summed E-state index contributed by atoms with van der Waals surface area (Å²) in [6.45, 7) is 4.62. The molecule has 0 aliphatic carbocycles. The molecule has 1 fully saturated rings. The Kier molecular flexibility index (Phi) is 7.70. The second-order valence-corrected chi connectivity index (χ2v) is 8.62. The van der Waals surface area contributed by atoms with Gasteiger partial charge >= 0.3 is 0 Å². The molecule has 0 saturated carbocycles. The van der Waals surface area contributed by atoms with E-state index in [-0.39, 0.29) is 17.6 Å². The monoisotopic (exact) mass is 451 g/mol. The van der Waals surface area contributed by atoms with Crippen molar-refractivity contribution in [1.29, 1.82) is 0 Å².